The van der Waals surface area contributed by atoms with Gasteiger partial charge in [0.2, 0.25) is 5.91 Å². The Kier molecular flexibility index (Phi) is 10.5. The van der Waals surface area contributed by atoms with E-state index in [0.29, 0.717) is 23.8 Å². The first kappa shape index (κ1) is 31.3. The first-order valence-electron chi connectivity index (χ1n) is 13.1. The lowest BCUT2D eigenvalue weighted by molar-refractivity contribution is -0.139. The first-order valence-corrected chi connectivity index (χ1v) is 13.8. The van der Waals surface area contributed by atoms with E-state index in [9.17, 15) is 29.4 Å². The van der Waals surface area contributed by atoms with Gasteiger partial charge in [0, 0.05) is 24.3 Å². The van der Waals surface area contributed by atoms with Gasteiger partial charge in [0.05, 0.1) is 34.8 Å². The molecule has 1 aliphatic heterocycles. The summed E-state index contributed by atoms with van der Waals surface area (Å²) in [7, 11) is 0. The van der Waals surface area contributed by atoms with Gasteiger partial charge in [-0.2, -0.15) is 0 Å². The number of amides is 3. The molecule has 2 atom stereocenters. The fraction of sp³-hybridized carbons (Fsp3) is 0.207. The molecular formula is C29H28Cl2N6O6. The summed E-state index contributed by atoms with van der Waals surface area (Å²) in [5.74, 6) is -2.99. The third kappa shape index (κ3) is 8.67. The number of nitrogens with one attached hydrogen (secondary N) is 5. The Bertz CT molecular complexity index is 1530. The zero-order chi connectivity index (χ0) is 30.9. The van der Waals surface area contributed by atoms with E-state index in [1.807, 2.05) is 30.3 Å². The van der Waals surface area contributed by atoms with Crippen molar-refractivity contribution in [2.24, 2.45) is 4.99 Å². The predicted octanol–water partition coefficient (Wildman–Crippen LogP) is 2.12. The molecule has 1 aliphatic rings. The molecule has 0 saturated heterocycles. The average Bonchev–Trinajstić information content (AvgIpc) is 2.99. The lowest BCUT2D eigenvalue weighted by atomic mass is 10.0. The van der Waals surface area contributed by atoms with E-state index in [2.05, 4.69) is 31.6 Å². The number of anilines is 1. The Morgan fingerprint density at radius 3 is 2.30 bits per heavy atom. The van der Waals surface area contributed by atoms with Crippen LogP contribution >= 0.6 is 23.2 Å². The maximum absolute atomic E-state index is 12.9. The van der Waals surface area contributed by atoms with Crippen LogP contribution in [-0.2, 0) is 9.59 Å². The maximum Gasteiger partial charge on any atom is 0.328 e. The van der Waals surface area contributed by atoms with Gasteiger partial charge in [-0.15, -0.1) is 0 Å². The highest BCUT2D eigenvalue weighted by atomic mass is 35.5. The van der Waals surface area contributed by atoms with Gasteiger partial charge in [-0.1, -0.05) is 59.6 Å². The molecular weight excluding hydrogens is 599 g/mol. The molecule has 3 amide bonds. The minimum Gasteiger partial charge on any atom is -0.480 e. The van der Waals surface area contributed by atoms with Crippen molar-refractivity contribution in [1.29, 1.82) is 0 Å². The maximum atomic E-state index is 12.9. The molecule has 0 radical (unpaired) electrons. The van der Waals surface area contributed by atoms with Crippen LogP contribution in [0.5, 0.6) is 0 Å². The second-order valence-electron chi connectivity index (χ2n) is 9.46. The van der Waals surface area contributed by atoms with Crippen LogP contribution in [-0.4, -0.2) is 78.2 Å². The molecule has 3 aromatic carbocycles. The summed E-state index contributed by atoms with van der Waals surface area (Å²) in [4.78, 5) is 53.8. The van der Waals surface area contributed by atoms with Gasteiger partial charge in [-0.25, -0.2) is 4.79 Å². The normalized spacial score (nSPS) is 14.9. The van der Waals surface area contributed by atoms with Crippen molar-refractivity contribution in [1.82, 2.24) is 21.3 Å². The Hall–Kier alpha value is -4.65. The minimum atomic E-state index is -1.51. The minimum absolute atomic E-state index is 0.0285. The van der Waals surface area contributed by atoms with Gasteiger partial charge in [0.25, 0.3) is 11.8 Å². The van der Waals surface area contributed by atoms with Crippen molar-refractivity contribution in [3.63, 3.8) is 0 Å². The van der Waals surface area contributed by atoms with Crippen LogP contribution in [0.4, 0.5) is 5.69 Å². The van der Waals surface area contributed by atoms with E-state index < -0.39 is 48.9 Å². The van der Waals surface area contributed by atoms with Gasteiger partial charge in [0.15, 0.2) is 5.96 Å². The number of hydrogen-bond acceptors (Lipinski definition) is 8. The highest BCUT2D eigenvalue weighted by Crippen LogP contribution is 2.31. The van der Waals surface area contributed by atoms with Crippen molar-refractivity contribution < 1.29 is 29.4 Å². The summed E-state index contributed by atoms with van der Waals surface area (Å²) in [5, 5.41) is 32.3. The summed E-state index contributed by atoms with van der Waals surface area (Å²) >= 11 is 12.7. The standard InChI is InChI=1S/C29H28Cl2N6O6/c30-21-10-18(16-5-2-1-3-6-16)11-22(31)25(21)27(41)37-23(28(42)43)14-32-24(39)15-33-26(40)17-7-4-8-19(9-17)36-29-34-12-20(38)13-35-29/h1-11,20,23,38H,12-15H2,(H,32,39)(H,33,40)(H,37,41)(H,42,43)(H2,34,35,36)/t23-/m1/s1. The van der Waals surface area contributed by atoms with Crippen LogP contribution in [0.1, 0.15) is 20.7 Å². The van der Waals surface area contributed by atoms with Crippen LogP contribution in [0.3, 0.4) is 0 Å². The van der Waals surface area contributed by atoms with E-state index in [-0.39, 0.29) is 27.7 Å². The number of halogens is 2. The first-order chi connectivity index (χ1) is 20.6. The van der Waals surface area contributed by atoms with Crippen LogP contribution in [0, 0.1) is 0 Å². The molecule has 1 heterocycles. The molecule has 0 spiro atoms. The Morgan fingerprint density at radius 2 is 1.65 bits per heavy atom. The molecule has 1 unspecified atom stereocenters. The van der Waals surface area contributed by atoms with Gasteiger partial charge >= 0.3 is 5.97 Å². The largest absolute Gasteiger partial charge is 0.480 e. The van der Waals surface area contributed by atoms with Crippen molar-refractivity contribution in [3.8, 4) is 11.1 Å². The van der Waals surface area contributed by atoms with Crippen LogP contribution in [0.25, 0.3) is 11.1 Å². The Morgan fingerprint density at radius 1 is 0.930 bits per heavy atom. The zero-order valence-electron chi connectivity index (χ0n) is 22.6. The zero-order valence-corrected chi connectivity index (χ0v) is 24.1. The van der Waals surface area contributed by atoms with Crippen molar-refractivity contribution >= 4 is 58.5 Å². The molecule has 224 valence electrons. The fourth-order valence-electron chi connectivity index (χ4n) is 4.05. The molecule has 7 N–H and O–H groups in total. The van der Waals surface area contributed by atoms with Gasteiger partial charge < -0.3 is 36.8 Å². The smallest absolute Gasteiger partial charge is 0.328 e. The lowest BCUT2D eigenvalue weighted by Crippen LogP contribution is -2.50. The number of nitrogens with zero attached hydrogens (tertiary/aromatic N) is 1. The number of benzene rings is 3. The third-order valence-corrected chi connectivity index (χ3v) is 6.84. The number of guanidine groups is 1. The number of carboxylic acid groups (broad SMARTS) is 1. The van der Waals surface area contributed by atoms with Crippen molar-refractivity contribution in [2.45, 2.75) is 12.1 Å². The molecule has 3 aromatic rings. The monoisotopic (exact) mass is 626 g/mol. The summed E-state index contributed by atoms with van der Waals surface area (Å²) in [5.41, 5.74) is 2.23. The molecule has 4 rings (SSSR count). The van der Waals surface area contributed by atoms with Crippen molar-refractivity contribution in [2.75, 3.05) is 31.5 Å². The highest BCUT2D eigenvalue weighted by Gasteiger charge is 2.25. The second-order valence-corrected chi connectivity index (χ2v) is 10.3. The van der Waals surface area contributed by atoms with E-state index in [1.54, 1.807) is 36.4 Å². The molecule has 12 nitrogen and oxygen atoms in total. The number of hydrogen-bond donors (Lipinski definition) is 7. The van der Waals surface area contributed by atoms with E-state index in [1.165, 1.54) is 0 Å². The van der Waals surface area contributed by atoms with Crippen LogP contribution < -0.4 is 26.6 Å². The number of aliphatic imine (C=N–C) groups is 1. The molecule has 0 saturated carbocycles. The molecule has 0 fully saturated rings. The van der Waals surface area contributed by atoms with Crippen LogP contribution in [0.15, 0.2) is 71.7 Å². The number of aliphatic hydroxyl groups excluding tert-OH is 1. The third-order valence-electron chi connectivity index (χ3n) is 6.25. The number of carbonyl (C=O) groups excluding carboxylic acids is 3. The van der Waals surface area contributed by atoms with E-state index >= 15 is 0 Å². The number of carboxylic acids is 1. The van der Waals surface area contributed by atoms with E-state index in [0.717, 1.165) is 5.56 Å². The van der Waals surface area contributed by atoms with E-state index in [4.69, 9.17) is 23.2 Å². The summed E-state index contributed by atoms with van der Waals surface area (Å²) in [6, 6.07) is 17.3. The summed E-state index contributed by atoms with van der Waals surface area (Å²) in [6.45, 7) is -0.310. The quantitative estimate of drug-likeness (QED) is 0.179. The average molecular weight is 627 g/mol. The Labute approximate surface area is 256 Å². The molecule has 0 bridgehead atoms. The highest BCUT2D eigenvalue weighted by molar-refractivity contribution is 6.40. The summed E-state index contributed by atoms with van der Waals surface area (Å²) < 4.78 is 0. The number of rotatable bonds is 10. The van der Waals surface area contributed by atoms with Crippen LogP contribution in [0.2, 0.25) is 10.0 Å². The number of aliphatic hydroxyl groups is 1. The predicted molar refractivity (Wildman–Crippen MR) is 163 cm³/mol. The fourth-order valence-corrected chi connectivity index (χ4v) is 4.71. The van der Waals surface area contributed by atoms with Gasteiger partial charge in [0.1, 0.15) is 6.04 Å². The van der Waals surface area contributed by atoms with Crippen molar-refractivity contribution in [3.05, 3.63) is 87.9 Å². The molecule has 0 aliphatic carbocycles. The molecule has 0 aromatic heterocycles. The number of β-amino-alcohol motifs (C(OH)–C–C–N with tert-alkyl or cyclic N) is 1. The summed E-state index contributed by atoms with van der Waals surface area (Å²) in [6.07, 6.45) is -0.564. The topological polar surface area (TPSA) is 181 Å². The Balaban J connectivity index is 1.29. The molecule has 43 heavy (non-hydrogen) atoms. The van der Waals surface area contributed by atoms with Gasteiger partial charge in [-0.3, -0.25) is 19.4 Å². The number of aliphatic carboxylic acids is 1. The number of carbonyl (C=O) groups is 4. The second kappa shape index (κ2) is 14.5. The molecule has 14 heteroatoms. The van der Waals surface area contributed by atoms with Gasteiger partial charge in [-0.05, 0) is 41.5 Å². The lowest BCUT2D eigenvalue weighted by Gasteiger charge is -2.20. The SMILES string of the molecule is O=C(CNC(=O)c1cccc(NC2=NCC(O)CN2)c1)NC[C@@H](NC(=O)c1c(Cl)cc(-c2ccccc2)cc1Cl)C(=O)O.